The minimum Gasteiger partial charge on any atom is -0.350 e. The highest BCUT2D eigenvalue weighted by Gasteiger charge is 2.34. The molecule has 0 radical (unpaired) electrons. The van der Waals surface area contributed by atoms with Crippen LogP contribution in [0.1, 0.15) is 55.4 Å². The standard InChI is InChI=1S/C15H23N3O2S/c1-10-12(21-9-16-10)14(20)18-8-6-5-7-11(18)13(19)17-15(2,3)4/h9,11H,5-8H2,1-4H3,(H,17,19)/t11-/m0/s1. The molecule has 1 saturated heterocycles. The van der Waals surface area contributed by atoms with Gasteiger partial charge in [0.05, 0.1) is 11.2 Å². The topological polar surface area (TPSA) is 62.3 Å². The van der Waals surface area contributed by atoms with Gasteiger partial charge in [0.1, 0.15) is 10.9 Å². The van der Waals surface area contributed by atoms with Crippen LogP contribution in [0.15, 0.2) is 5.51 Å². The van der Waals surface area contributed by atoms with Crippen LogP contribution in [0.25, 0.3) is 0 Å². The molecule has 1 fully saturated rings. The van der Waals surface area contributed by atoms with Crippen molar-refractivity contribution < 1.29 is 9.59 Å². The Hall–Kier alpha value is -1.43. The van der Waals surface area contributed by atoms with Gasteiger partial charge in [0.2, 0.25) is 5.91 Å². The zero-order chi connectivity index (χ0) is 15.6. The largest absolute Gasteiger partial charge is 0.350 e. The highest BCUT2D eigenvalue weighted by Crippen LogP contribution is 2.23. The Morgan fingerprint density at radius 1 is 1.38 bits per heavy atom. The van der Waals surface area contributed by atoms with Crippen molar-refractivity contribution >= 4 is 23.2 Å². The van der Waals surface area contributed by atoms with Crippen molar-refractivity contribution in [2.75, 3.05) is 6.54 Å². The van der Waals surface area contributed by atoms with Gasteiger partial charge in [-0.25, -0.2) is 4.98 Å². The van der Waals surface area contributed by atoms with Crippen LogP contribution in [0.4, 0.5) is 0 Å². The third kappa shape index (κ3) is 3.81. The second kappa shape index (κ2) is 6.13. The summed E-state index contributed by atoms with van der Waals surface area (Å²) in [5, 5.41) is 2.99. The van der Waals surface area contributed by atoms with Gasteiger partial charge in [-0.2, -0.15) is 0 Å². The fourth-order valence-corrected chi connectivity index (χ4v) is 3.30. The third-order valence-corrected chi connectivity index (χ3v) is 4.42. The Kier molecular flexibility index (Phi) is 4.66. The Morgan fingerprint density at radius 2 is 2.10 bits per heavy atom. The lowest BCUT2D eigenvalue weighted by Gasteiger charge is -2.36. The number of carbonyl (C=O) groups is 2. The summed E-state index contributed by atoms with van der Waals surface area (Å²) < 4.78 is 0. The molecule has 0 unspecified atom stereocenters. The summed E-state index contributed by atoms with van der Waals surface area (Å²) in [6.07, 6.45) is 2.65. The highest BCUT2D eigenvalue weighted by molar-refractivity contribution is 7.11. The molecule has 21 heavy (non-hydrogen) atoms. The van der Waals surface area contributed by atoms with Crippen molar-refractivity contribution in [1.82, 2.24) is 15.2 Å². The summed E-state index contributed by atoms with van der Waals surface area (Å²) in [4.78, 5) is 31.6. The van der Waals surface area contributed by atoms with Crippen molar-refractivity contribution in [2.45, 2.75) is 58.5 Å². The molecule has 1 aromatic rings. The molecule has 2 heterocycles. The van der Waals surface area contributed by atoms with E-state index in [2.05, 4.69) is 10.3 Å². The summed E-state index contributed by atoms with van der Waals surface area (Å²) in [6.45, 7) is 8.32. The summed E-state index contributed by atoms with van der Waals surface area (Å²) in [5.74, 6) is -0.124. The van der Waals surface area contributed by atoms with Gasteiger partial charge in [-0.3, -0.25) is 9.59 Å². The average Bonchev–Trinajstić information content (AvgIpc) is 2.82. The van der Waals surface area contributed by atoms with E-state index in [1.54, 1.807) is 10.4 Å². The van der Waals surface area contributed by atoms with Crippen molar-refractivity contribution in [2.24, 2.45) is 0 Å². The fraction of sp³-hybridized carbons (Fsp3) is 0.667. The first-order valence-corrected chi connectivity index (χ1v) is 8.20. The maximum absolute atomic E-state index is 12.7. The molecule has 0 bridgehead atoms. The number of aromatic nitrogens is 1. The van der Waals surface area contributed by atoms with Crippen molar-refractivity contribution in [3.05, 3.63) is 16.1 Å². The third-order valence-electron chi connectivity index (χ3n) is 3.50. The zero-order valence-corrected chi connectivity index (χ0v) is 13.9. The average molecular weight is 309 g/mol. The normalized spacial score (nSPS) is 19.4. The van der Waals surface area contributed by atoms with Crippen LogP contribution in [0, 0.1) is 6.92 Å². The van der Waals surface area contributed by atoms with Gasteiger partial charge in [-0.05, 0) is 47.0 Å². The van der Waals surface area contributed by atoms with Crippen molar-refractivity contribution in [1.29, 1.82) is 0 Å². The number of thiazole rings is 1. The highest BCUT2D eigenvalue weighted by atomic mass is 32.1. The van der Waals surface area contributed by atoms with E-state index in [4.69, 9.17) is 0 Å². The van der Waals surface area contributed by atoms with Gasteiger partial charge in [0.25, 0.3) is 5.91 Å². The zero-order valence-electron chi connectivity index (χ0n) is 13.1. The molecule has 116 valence electrons. The van der Waals surface area contributed by atoms with E-state index < -0.39 is 0 Å². The molecule has 0 spiro atoms. The molecule has 0 aliphatic carbocycles. The van der Waals surface area contributed by atoms with E-state index in [0.29, 0.717) is 11.4 Å². The second-order valence-electron chi connectivity index (χ2n) is 6.52. The number of likely N-dealkylation sites (tertiary alicyclic amines) is 1. The first kappa shape index (κ1) is 15.9. The van der Waals surface area contributed by atoms with Crippen molar-refractivity contribution in [3.63, 3.8) is 0 Å². The number of nitrogens with zero attached hydrogens (tertiary/aromatic N) is 2. The Balaban J connectivity index is 2.18. The van der Waals surface area contributed by atoms with Gasteiger partial charge in [0.15, 0.2) is 0 Å². The van der Waals surface area contributed by atoms with Crippen LogP contribution in [0.5, 0.6) is 0 Å². The molecule has 2 rings (SSSR count). The number of hydrogen-bond acceptors (Lipinski definition) is 4. The summed E-state index contributed by atoms with van der Waals surface area (Å²) >= 11 is 1.34. The fourth-order valence-electron chi connectivity index (χ4n) is 2.54. The SMILES string of the molecule is Cc1ncsc1C(=O)N1CCCC[C@H]1C(=O)NC(C)(C)C. The van der Waals surface area contributed by atoms with Gasteiger partial charge in [0, 0.05) is 12.1 Å². The van der Waals surface area contributed by atoms with E-state index in [0.717, 1.165) is 25.0 Å². The molecule has 1 aliphatic rings. The maximum Gasteiger partial charge on any atom is 0.266 e. The lowest BCUT2D eigenvalue weighted by molar-refractivity contribution is -0.128. The van der Waals surface area contributed by atoms with Crippen LogP contribution in [-0.2, 0) is 4.79 Å². The number of hydrogen-bond donors (Lipinski definition) is 1. The second-order valence-corrected chi connectivity index (χ2v) is 7.37. The number of amides is 2. The number of nitrogens with one attached hydrogen (secondary N) is 1. The summed E-state index contributed by atoms with van der Waals surface area (Å²) in [5.41, 5.74) is 2.13. The van der Waals surface area contributed by atoms with Gasteiger partial charge < -0.3 is 10.2 Å². The minimum absolute atomic E-state index is 0.0577. The van der Waals surface area contributed by atoms with Crippen LogP contribution in [0.2, 0.25) is 0 Å². The van der Waals surface area contributed by atoms with Crippen LogP contribution in [-0.4, -0.2) is 39.8 Å². The summed E-state index contributed by atoms with van der Waals surface area (Å²) in [7, 11) is 0. The number of rotatable bonds is 2. The lowest BCUT2D eigenvalue weighted by atomic mass is 9.99. The first-order valence-electron chi connectivity index (χ1n) is 7.32. The molecular weight excluding hydrogens is 286 g/mol. The van der Waals surface area contributed by atoms with Gasteiger partial charge in [-0.15, -0.1) is 11.3 Å². The minimum atomic E-state index is -0.369. The number of piperidine rings is 1. The Labute approximate surface area is 129 Å². The quantitative estimate of drug-likeness (QED) is 0.912. The maximum atomic E-state index is 12.7. The molecule has 5 nitrogen and oxygen atoms in total. The molecule has 0 aromatic carbocycles. The predicted octanol–water partition coefficient (Wildman–Crippen LogP) is 2.36. The molecule has 1 aliphatic heterocycles. The molecule has 1 N–H and O–H groups in total. The summed E-state index contributed by atoms with van der Waals surface area (Å²) in [6, 6.07) is -0.369. The Morgan fingerprint density at radius 3 is 2.67 bits per heavy atom. The molecular formula is C15H23N3O2S. The molecule has 0 saturated carbocycles. The molecule has 2 amide bonds. The van der Waals surface area contributed by atoms with Crippen molar-refractivity contribution in [3.8, 4) is 0 Å². The number of carbonyl (C=O) groups excluding carboxylic acids is 2. The predicted molar refractivity (Wildman–Crippen MR) is 83.4 cm³/mol. The first-order chi connectivity index (χ1) is 9.79. The van der Waals surface area contributed by atoms with E-state index in [1.807, 2.05) is 27.7 Å². The van der Waals surface area contributed by atoms with Crippen LogP contribution >= 0.6 is 11.3 Å². The van der Waals surface area contributed by atoms with E-state index in [-0.39, 0.29) is 23.4 Å². The van der Waals surface area contributed by atoms with E-state index in [9.17, 15) is 9.59 Å². The Bertz CT molecular complexity index is 533. The molecule has 6 heteroatoms. The van der Waals surface area contributed by atoms with Crippen LogP contribution < -0.4 is 5.32 Å². The lowest BCUT2D eigenvalue weighted by Crippen LogP contribution is -2.55. The van der Waals surface area contributed by atoms with E-state index >= 15 is 0 Å². The van der Waals surface area contributed by atoms with Crippen LogP contribution in [0.3, 0.4) is 0 Å². The smallest absolute Gasteiger partial charge is 0.266 e. The molecule has 1 aromatic heterocycles. The molecule has 1 atom stereocenters. The number of aryl methyl sites for hydroxylation is 1. The monoisotopic (exact) mass is 309 g/mol. The van der Waals surface area contributed by atoms with Gasteiger partial charge >= 0.3 is 0 Å². The van der Waals surface area contributed by atoms with E-state index in [1.165, 1.54) is 11.3 Å². The van der Waals surface area contributed by atoms with Gasteiger partial charge in [-0.1, -0.05) is 0 Å².